The van der Waals surface area contributed by atoms with Gasteiger partial charge in [-0.2, -0.15) is 0 Å². The van der Waals surface area contributed by atoms with Gasteiger partial charge >= 0.3 is 0 Å². The Balaban J connectivity index is 1.83. The van der Waals surface area contributed by atoms with E-state index in [1.54, 1.807) is 6.07 Å². The highest BCUT2D eigenvalue weighted by atomic mass is 35.5. The molecule has 2 N–H and O–H groups in total. The average Bonchev–Trinajstić information content (AvgIpc) is 2.33. The van der Waals surface area contributed by atoms with Crippen LogP contribution >= 0.6 is 11.6 Å². The van der Waals surface area contributed by atoms with Crippen molar-refractivity contribution < 1.29 is 5.11 Å². The normalized spacial score (nSPS) is 24.8. The first kappa shape index (κ1) is 12.7. The average molecular weight is 254 g/mol. The van der Waals surface area contributed by atoms with Gasteiger partial charge in [0, 0.05) is 12.6 Å². The summed E-state index contributed by atoms with van der Waals surface area (Å²) in [7, 11) is 0. The predicted molar refractivity (Wildman–Crippen MR) is 71.4 cm³/mol. The van der Waals surface area contributed by atoms with Crippen LogP contribution in [0.15, 0.2) is 18.2 Å². The van der Waals surface area contributed by atoms with E-state index in [4.69, 9.17) is 11.6 Å². The zero-order valence-corrected chi connectivity index (χ0v) is 11.0. The summed E-state index contributed by atoms with van der Waals surface area (Å²) in [5, 5.41) is 13.3. The van der Waals surface area contributed by atoms with Crippen LogP contribution < -0.4 is 5.32 Å². The topological polar surface area (TPSA) is 32.3 Å². The molecule has 0 aromatic heterocycles. The summed E-state index contributed by atoms with van der Waals surface area (Å²) in [6.45, 7) is 3.16. The van der Waals surface area contributed by atoms with Gasteiger partial charge in [-0.25, -0.2) is 0 Å². The first-order valence-electron chi connectivity index (χ1n) is 6.36. The van der Waals surface area contributed by atoms with E-state index in [1.807, 2.05) is 12.1 Å². The molecule has 2 rings (SSSR count). The second kappa shape index (κ2) is 5.74. The molecule has 0 bridgehead atoms. The first-order chi connectivity index (χ1) is 8.15. The molecule has 0 amide bonds. The third-order valence-electron chi connectivity index (χ3n) is 3.62. The summed E-state index contributed by atoms with van der Waals surface area (Å²) in [5.74, 6) is 1.04. The van der Waals surface area contributed by atoms with Gasteiger partial charge in [0.05, 0.1) is 5.02 Å². The molecule has 0 radical (unpaired) electrons. The van der Waals surface area contributed by atoms with Crippen molar-refractivity contribution in [3.8, 4) is 5.75 Å². The maximum atomic E-state index is 9.34. The fourth-order valence-electron chi connectivity index (χ4n) is 2.39. The van der Waals surface area contributed by atoms with Gasteiger partial charge in [0.25, 0.3) is 0 Å². The Morgan fingerprint density at radius 1 is 1.29 bits per heavy atom. The molecule has 94 valence electrons. The van der Waals surface area contributed by atoms with Gasteiger partial charge in [0.1, 0.15) is 5.75 Å². The maximum Gasteiger partial charge on any atom is 0.134 e. The van der Waals surface area contributed by atoms with Gasteiger partial charge < -0.3 is 10.4 Å². The van der Waals surface area contributed by atoms with Crippen molar-refractivity contribution >= 4 is 11.6 Å². The van der Waals surface area contributed by atoms with Crippen molar-refractivity contribution in [2.75, 3.05) is 0 Å². The Labute approximate surface area is 108 Å². The molecule has 1 saturated carbocycles. The predicted octanol–water partition coefficient (Wildman–Crippen LogP) is 3.71. The number of nitrogens with one attached hydrogen (secondary N) is 1. The highest BCUT2D eigenvalue weighted by Gasteiger charge is 2.17. The number of hydrogen-bond donors (Lipinski definition) is 2. The Kier molecular flexibility index (Phi) is 4.30. The van der Waals surface area contributed by atoms with E-state index in [9.17, 15) is 5.11 Å². The fourth-order valence-corrected chi connectivity index (χ4v) is 2.59. The smallest absolute Gasteiger partial charge is 0.134 e. The van der Waals surface area contributed by atoms with Gasteiger partial charge in [-0.15, -0.1) is 0 Å². The summed E-state index contributed by atoms with van der Waals surface area (Å²) < 4.78 is 0. The fraction of sp³-hybridized carbons (Fsp3) is 0.571. The molecule has 0 unspecified atom stereocenters. The van der Waals surface area contributed by atoms with Gasteiger partial charge in [0.2, 0.25) is 0 Å². The molecular formula is C14H20ClNO. The van der Waals surface area contributed by atoms with Gasteiger partial charge in [0.15, 0.2) is 0 Å². The lowest BCUT2D eigenvalue weighted by molar-refractivity contribution is 0.306. The minimum absolute atomic E-state index is 0.155. The van der Waals surface area contributed by atoms with E-state index >= 15 is 0 Å². The lowest BCUT2D eigenvalue weighted by Crippen LogP contribution is -2.32. The molecule has 0 atom stereocenters. The maximum absolute atomic E-state index is 9.34. The molecule has 1 aliphatic rings. The van der Waals surface area contributed by atoms with Crippen LogP contribution in [0.25, 0.3) is 0 Å². The Bertz CT molecular complexity index is 372. The van der Waals surface area contributed by atoms with Crippen LogP contribution in [0.2, 0.25) is 5.02 Å². The highest BCUT2D eigenvalue weighted by molar-refractivity contribution is 6.32. The SMILES string of the molecule is CC1CCC(NCc2ccc(O)c(Cl)c2)CC1. The third kappa shape index (κ3) is 3.62. The third-order valence-corrected chi connectivity index (χ3v) is 3.93. The molecule has 1 aliphatic carbocycles. The largest absolute Gasteiger partial charge is 0.506 e. The van der Waals surface area contributed by atoms with Crippen LogP contribution in [-0.2, 0) is 6.54 Å². The van der Waals surface area contributed by atoms with Gasteiger partial charge in [-0.3, -0.25) is 0 Å². The van der Waals surface area contributed by atoms with Crippen LogP contribution in [0.4, 0.5) is 0 Å². The molecule has 3 heteroatoms. The molecule has 2 nitrogen and oxygen atoms in total. The number of phenols is 1. The number of phenolic OH excluding ortho intramolecular Hbond substituents is 1. The Morgan fingerprint density at radius 3 is 2.65 bits per heavy atom. The number of hydrogen-bond acceptors (Lipinski definition) is 2. The van der Waals surface area contributed by atoms with Crippen molar-refractivity contribution in [1.82, 2.24) is 5.32 Å². The quantitative estimate of drug-likeness (QED) is 0.861. The molecule has 1 fully saturated rings. The summed E-state index contributed by atoms with van der Waals surface area (Å²) in [5.41, 5.74) is 1.13. The molecule has 1 aromatic carbocycles. The van der Waals surface area contributed by atoms with E-state index in [1.165, 1.54) is 25.7 Å². The zero-order chi connectivity index (χ0) is 12.3. The summed E-state index contributed by atoms with van der Waals surface area (Å²) in [6.07, 6.45) is 5.20. The Morgan fingerprint density at radius 2 is 2.00 bits per heavy atom. The second-order valence-corrected chi connectivity index (χ2v) is 5.53. The Hall–Kier alpha value is -0.730. The number of halogens is 1. The second-order valence-electron chi connectivity index (χ2n) is 5.12. The number of aromatic hydroxyl groups is 1. The molecule has 0 saturated heterocycles. The number of benzene rings is 1. The van der Waals surface area contributed by atoms with Crippen LogP contribution in [0.1, 0.15) is 38.2 Å². The van der Waals surface area contributed by atoms with Crippen molar-refractivity contribution in [1.29, 1.82) is 0 Å². The van der Waals surface area contributed by atoms with Crippen LogP contribution in [-0.4, -0.2) is 11.1 Å². The first-order valence-corrected chi connectivity index (χ1v) is 6.73. The van der Waals surface area contributed by atoms with Crippen LogP contribution in [0.5, 0.6) is 5.75 Å². The van der Waals surface area contributed by atoms with Crippen molar-refractivity contribution in [3.63, 3.8) is 0 Å². The summed E-state index contributed by atoms with van der Waals surface area (Å²) in [6, 6.07) is 6.04. The molecular weight excluding hydrogens is 234 g/mol. The molecule has 1 aromatic rings. The van der Waals surface area contributed by atoms with E-state index in [0.717, 1.165) is 18.0 Å². The molecule has 0 heterocycles. The van der Waals surface area contributed by atoms with Gasteiger partial charge in [-0.1, -0.05) is 24.6 Å². The lowest BCUT2D eigenvalue weighted by Gasteiger charge is -2.27. The zero-order valence-electron chi connectivity index (χ0n) is 10.2. The lowest BCUT2D eigenvalue weighted by atomic mass is 9.87. The molecule has 0 spiro atoms. The van der Waals surface area contributed by atoms with E-state index in [2.05, 4.69) is 12.2 Å². The van der Waals surface area contributed by atoms with E-state index < -0.39 is 0 Å². The summed E-state index contributed by atoms with van der Waals surface area (Å²) >= 11 is 5.88. The monoisotopic (exact) mass is 253 g/mol. The van der Waals surface area contributed by atoms with E-state index in [-0.39, 0.29) is 5.75 Å². The minimum atomic E-state index is 0.155. The van der Waals surface area contributed by atoms with Crippen LogP contribution in [0, 0.1) is 5.92 Å². The number of rotatable bonds is 3. The highest BCUT2D eigenvalue weighted by Crippen LogP contribution is 2.25. The minimum Gasteiger partial charge on any atom is -0.506 e. The van der Waals surface area contributed by atoms with Gasteiger partial charge in [-0.05, 0) is 49.3 Å². The van der Waals surface area contributed by atoms with Crippen LogP contribution in [0.3, 0.4) is 0 Å². The summed E-state index contributed by atoms with van der Waals surface area (Å²) in [4.78, 5) is 0. The van der Waals surface area contributed by atoms with Crippen molar-refractivity contribution in [2.45, 2.75) is 45.2 Å². The molecule has 0 aliphatic heterocycles. The van der Waals surface area contributed by atoms with Crippen molar-refractivity contribution in [2.24, 2.45) is 5.92 Å². The standard InChI is InChI=1S/C14H20ClNO/c1-10-2-5-12(6-3-10)16-9-11-4-7-14(17)13(15)8-11/h4,7-8,10,12,16-17H,2-3,5-6,9H2,1H3. The molecule has 17 heavy (non-hydrogen) atoms. The van der Waals surface area contributed by atoms with Crippen molar-refractivity contribution in [3.05, 3.63) is 28.8 Å². The van der Waals surface area contributed by atoms with E-state index in [0.29, 0.717) is 11.1 Å².